The summed E-state index contributed by atoms with van der Waals surface area (Å²) < 4.78 is 7.96. The number of carbonyl (C=O) groups is 1. The third-order valence-electron chi connectivity index (χ3n) is 5.32. The zero-order valence-corrected chi connectivity index (χ0v) is 19.4. The van der Waals surface area contributed by atoms with Crippen molar-refractivity contribution in [3.05, 3.63) is 59.7 Å². The lowest BCUT2D eigenvalue weighted by atomic mass is 10.00. The van der Waals surface area contributed by atoms with Crippen LogP contribution in [0.2, 0.25) is 0 Å². The second-order valence-electron chi connectivity index (χ2n) is 7.78. The average Bonchev–Trinajstić information content (AvgIpc) is 2.80. The number of amides is 1. The molecule has 31 heavy (non-hydrogen) atoms. The van der Waals surface area contributed by atoms with Crippen molar-refractivity contribution in [2.75, 3.05) is 53.4 Å². The second-order valence-corrected chi connectivity index (χ2v) is 9.03. The largest absolute Gasteiger partial charge is 0.483 e. The Morgan fingerprint density at radius 2 is 1.90 bits per heavy atom. The highest BCUT2D eigenvalue weighted by Crippen LogP contribution is 2.30. The van der Waals surface area contributed by atoms with E-state index in [4.69, 9.17) is 4.74 Å². The summed E-state index contributed by atoms with van der Waals surface area (Å²) in [6.07, 6.45) is 2.05. The van der Waals surface area contributed by atoms with Gasteiger partial charge in [-0.1, -0.05) is 36.4 Å². The van der Waals surface area contributed by atoms with Crippen molar-refractivity contribution >= 4 is 17.9 Å². The molecular formula is C24H34N4O2S. The predicted octanol–water partition coefficient (Wildman–Crippen LogP) is 2.79. The molecule has 0 radical (unpaired) electrons. The number of hydrogen-bond donors (Lipinski definition) is 2. The lowest BCUT2D eigenvalue weighted by Gasteiger charge is -2.28. The third kappa shape index (κ3) is 7.85. The van der Waals surface area contributed by atoms with Crippen LogP contribution in [0.3, 0.4) is 0 Å². The summed E-state index contributed by atoms with van der Waals surface area (Å²) in [7, 11) is 3.99. The topological polar surface area (TPSA) is 56.8 Å². The third-order valence-corrected chi connectivity index (χ3v) is 6.35. The Balaban J connectivity index is 1.34. The van der Waals surface area contributed by atoms with Crippen molar-refractivity contribution in [3.8, 4) is 5.75 Å². The second kappa shape index (κ2) is 12.7. The van der Waals surface area contributed by atoms with Crippen LogP contribution < -0.4 is 15.4 Å². The predicted molar refractivity (Wildman–Crippen MR) is 127 cm³/mol. The van der Waals surface area contributed by atoms with Crippen LogP contribution in [0.5, 0.6) is 5.75 Å². The lowest BCUT2D eigenvalue weighted by molar-refractivity contribution is -0.123. The van der Waals surface area contributed by atoms with Gasteiger partial charge in [0, 0.05) is 39.3 Å². The SMILES string of the molecule is CNCCN(C)Sc1ccccc1OCC(=O)NCCCN1CCc2ccccc2C1. The van der Waals surface area contributed by atoms with E-state index in [1.807, 2.05) is 38.4 Å². The van der Waals surface area contributed by atoms with Gasteiger partial charge < -0.3 is 15.4 Å². The first-order chi connectivity index (χ1) is 15.2. The van der Waals surface area contributed by atoms with Crippen molar-refractivity contribution in [3.63, 3.8) is 0 Å². The van der Waals surface area contributed by atoms with Gasteiger partial charge in [0.2, 0.25) is 0 Å². The number of nitrogens with zero attached hydrogens (tertiary/aromatic N) is 2. The summed E-state index contributed by atoms with van der Waals surface area (Å²) in [6.45, 7) is 5.62. The zero-order valence-electron chi connectivity index (χ0n) is 18.6. The number of likely N-dealkylation sites (N-methyl/N-ethyl adjacent to an activating group) is 2. The molecule has 1 amide bonds. The molecule has 0 fully saturated rings. The molecule has 2 aromatic rings. The lowest BCUT2D eigenvalue weighted by Crippen LogP contribution is -2.35. The molecule has 2 N–H and O–H groups in total. The molecule has 3 rings (SSSR count). The summed E-state index contributed by atoms with van der Waals surface area (Å²) in [5.41, 5.74) is 2.90. The number of fused-ring (bicyclic) bond motifs is 1. The average molecular weight is 443 g/mol. The van der Waals surface area contributed by atoms with Crippen molar-refractivity contribution in [1.82, 2.24) is 19.8 Å². The minimum absolute atomic E-state index is 0.0366. The molecule has 7 heteroatoms. The molecule has 2 aromatic carbocycles. The number of hydrogen-bond acceptors (Lipinski definition) is 6. The Kier molecular flexibility index (Phi) is 9.68. The Morgan fingerprint density at radius 1 is 1.13 bits per heavy atom. The van der Waals surface area contributed by atoms with Gasteiger partial charge in [-0.3, -0.25) is 9.69 Å². The quantitative estimate of drug-likeness (QED) is 0.389. The monoisotopic (exact) mass is 442 g/mol. The van der Waals surface area contributed by atoms with E-state index >= 15 is 0 Å². The van der Waals surface area contributed by atoms with Crippen LogP contribution in [0, 0.1) is 0 Å². The smallest absolute Gasteiger partial charge is 0.257 e. The zero-order chi connectivity index (χ0) is 21.9. The first-order valence-electron chi connectivity index (χ1n) is 11.0. The highest BCUT2D eigenvalue weighted by Gasteiger charge is 2.15. The number of nitrogens with one attached hydrogen (secondary N) is 2. The highest BCUT2D eigenvalue weighted by molar-refractivity contribution is 7.97. The van der Waals surface area contributed by atoms with E-state index in [1.165, 1.54) is 11.1 Å². The van der Waals surface area contributed by atoms with E-state index in [9.17, 15) is 4.79 Å². The molecule has 0 aromatic heterocycles. The van der Waals surface area contributed by atoms with Crippen LogP contribution in [0.15, 0.2) is 53.4 Å². The molecule has 0 aliphatic carbocycles. The minimum Gasteiger partial charge on any atom is -0.483 e. The summed E-state index contributed by atoms with van der Waals surface area (Å²) in [6, 6.07) is 16.5. The molecule has 0 saturated heterocycles. The normalized spacial score (nSPS) is 13.8. The molecule has 1 heterocycles. The van der Waals surface area contributed by atoms with E-state index in [-0.39, 0.29) is 12.5 Å². The summed E-state index contributed by atoms with van der Waals surface area (Å²) in [5, 5.41) is 6.13. The van der Waals surface area contributed by atoms with Crippen LogP contribution in [0.4, 0.5) is 0 Å². The molecule has 0 unspecified atom stereocenters. The van der Waals surface area contributed by atoms with Gasteiger partial charge in [-0.05, 0) is 62.1 Å². The molecule has 1 aliphatic rings. The molecule has 1 aliphatic heterocycles. The number of benzene rings is 2. The van der Waals surface area contributed by atoms with E-state index in [1.54, 1.807) is 11.9 Å². The summed E-state index contributed by atoms with van der Waals surface area (Å²) in [5.74, 6) is 0.665. The van der Waals surface area contributed by atoms with Gasteiger partial charge >= 0.3 is 0 Å². The maximum absolute atomic E-state index is 12.2. The Bertz CT molecular complexity index is 833. The van der Waals surface area contributed by atoms with Gasteiger partial charge in [0.25, 0.3) is 5.91 Å². The van der Waals surface area contributed by atoms with Crippen molar-refractivity contribution in [2.24, 2.45) is 0 Å². The Morgan fingerprint density at radius 3 is 2.74 bits per heavy atom. The first kappa shape index (κ1) is 23.6. The van der Waals surface area contributed by atoms with Gasteiger partial charge in [-0.2, -0.15) is 0 Å². The van der Waals surface area contributed by atoms with Gasteiger partial charge in [0.15, 0.2) is 6.61 Å². The van der Waals surface area contributed by atoms with E-state index < -0.39 is 0 Å². The van der Waals surface area contributed by atoms with Crippen LogP contribution in [-0.2, 0) is 17.8 Å². The fourth-order valence-electron chi connectivity index (χ4n) is 3.60. The number of para-hydroxylation sites is 1. The number of ether oxygens (including phenoxy) is 1. The van der Waals surface area contributed by atoms with Gasteiger partial charge in [-0.25, -0.2) is 4.31 Å². The maximum atomic E-state index is 12.2. The van der Waals surface area contributed by atoms with Gasteiger partial charge in [-0.15, -0.1) is 0 Å². The molecule has 0 bridgehead atoms. The molecule has 6 nitrogen and oxygen atoms in total. The number of carbonyl (C=O) groups excluding carboxylic acids is 1. The van der Waals surface area contributed by atoms with Crippen LogP contribution in [0.25, 0.3) is 0 Å². The molecule has 0 atom stereocenters. The van der Waals surface area contributed by atoms with E-state index in [2.05, 4.69) is 44.1 Å². The summed E-state index contributed by atoms with van der Waals surface area (Å²) >= 11 is 1.63. The van der Waals surface area contributed by atoms with Crippen LogP contribution in [0.1, 0.15) is 17.5 Å². The maximum Gasteiger partial charge on any atom is 0.257 e. The molecule has 0 spiro atoms. The summed E-state index contributed by atoms with van der Waals surface area (Å²) in [4.78, 5) is 15.7. The van der Waals surface area contributed by atoms with E-state index in [0.717, 1.165) is 56.2 Å². The Hall–Kier alpha value is -2.06. The fraction of sp³-hybridized carbons (Fsp3) is 0.458. The van der Waals surface area contributed by atoms with Crippen LogP contribution >= 0.6 is 11.9 Å². The molecule has 168 valence electrons. The van der Waals surface area contributed by atoms with Crippen LogP contribution in [-0.4, -0.2) is 68.5 Å². The van der Waals surface area contributed by atoms with Crippen molar-refractivity contribution in [2.45, 2.75) is 24.3 Å². The minimum atomic E-state index is -0.0765. The molecular weight excluding hydrogens is 408 g/mol. The standard InChI is InChI=1S/C24H34N4O2S/c1-25-14-17-27(2)31-23-11-6-5-10-22(23)30-19-24(29)26-13-7-15-28-16-12-20-8-3-4-9-21(20)18-28/h3-6,8-11,25H,7,12-19H2,1-2H3,(H,26,29). The van der Waals surface area contributed by atoms with Gasteiger partial charge in [0.05, 0.1) is 4.90 Å². The van der Waals surface area contributed by atoms with Crippen molar-refractivity contribution in [1.29, 1.82) is 0 Å². The van der Waals surface area contributed by atoms with E-state index in [0.29, 0.717) is 6.54 Å². The van der Waals surface area contributed by atoms with Crippen molar-refractivity contribution < 1.29 is 9.53 Å². The first-order valence-corrected chi connectivity index (χ1v) is 11.7. The van der Waals surface area contributed by atoms with Gasteiger partial charge in [0.1, 0.15) is 5.75 Å². The fourth-order valence-corrected chi connectivity index (χ4v) is 4.47. The number of rotatable bonds is 12. The highest BCUT2D eigenvalue weighted by atomic mass is 32.2. The molecule has 0 saturated carbocycles. The Labute approximate surface area is 190 Å².